The van der Waals surface area contributed by atoms with Crippen molar-refractivity contribution in [2.75, 3.05) is 0 Å². The Hall–Kier alpha value is -1.55. The molecule has 0 bridgehead atoms. The first-order chi connectivity index (χ1) is 8.65. The van der Waals surface area contributed by atoms with Crippen molar-refractivity contribution in [3.63, 3.8) is 0 Å². The lowest BCUT2D eigenvalue weighted by molar-refractivity contribution is -0.121. The lowest BCUT2D eigenvalue weighted by Gasteiger charge is -2.11. The van der Waals surface area contributed by atoms with Gasteiger partial charge >= 0.3 is 0 Å². The number of carbonyl (C=O) groups is 1. The minimum absolute atomic E-state index is 0.0581. The van der Waals surface area contributed by atoms with Crippen molar-refractivity contribution < 1.29 is 9.21 Å². The summed E-state index contributed by atoms with van der Waals surface area (Å²) >= 11 is 1.66. The van der Waals surface area contributed by atoms with Gasteiger partial charge in [0.05, 0.1) is 6.04 Å². The smallest absolute Gasteiger partial charge is 0.220 e. The van der Waals surface area contributed by atoms with Gasteiger partial charge in [-0.1, -0.05) is 0 Å². The number of furan rings is 1. The van der Waals surface area contributed by atoms with Gasteiger partial charge in [0.15, 0.2) is 0 Å². The van der Waals surface area contributed by atoms with Crippen LogP contribution in [-0.4, -0.2) is 5.91 Å². The van der Waals surface area contributed by atoms with Crippen molar-refractivity contribution in [3.05, 3.63) is 46.0 Å². The first-order valence-electron chi connectivity index (χ1n) is 6.02. The van der Waals surface area contributed by atoms with Crippen LogP contribution in [0.3, 0.4) is 0 Å². The molecule has 1 atom stereocenters. The zero-order valence-corrected chi connectivity index (χ0v) is 11.4. The maximum absolute atomic E-state index is 11.8. The van der Waals surface area contributed by atoms with E-state index in [1.165, 1.54) is 5.56 Å². The van der Waals surface area contributed by atoms with E-state index in [4.69, 9.17) is 4.42 Å². The van der Waals surface area contributed by atoms with E-state index in [9.17, 15) is 4.79 Å². The van der Waals surface area contributed by atoms with Gasteiger partial charge in [0.25, 0.3) is 0 Å². The molecule has 3 nitrogen and oxygen atoms in total. The molecule has 0 aliphatic rings. The summed E-state index contributed by atoms with van der Waals surface area (Å²) in [6, 6.07) is 5.79. The van der Waals surface area contributed by atoms with Crippen LogP contribution in [0.2, 0.25) is 0 Å². The van der Waals surface area contributed by atoms with E-state index in [1.54, 1.807) is 11.3 Å². The summed E-state index contributed by atoms with van der Waals surface area (Å²) in [5, 5.41) is 7.05. The highest BCUT2D eigenvalue weighted by Gasteiger charge is 2.12. The molecule has 1 amide bonds. The summed E-state index contributed by atoms with van der Waals surface area (Å²) in [4.78, 5) is 11.8. The Morgan fingerprint density at radius 3 is 2.89 bits per heavy atom. The van der Waals surface area contributed by atoms with Gasteiger partial charge in [-0.3, -0.25) is 4.79 Å². The van der Waals surface area contributed by atoms with E-state index in [2.05, 4.69) is 16.8 Å². The highest BCUT2D eigenvalue weighted by atomic mass is 32.1. The molecule has 0 spiro atoms. The average Bonchev–Trinajstić information content (AvgIpc) is 2.97. The third kappa shape index (κ3) is 3.47. The fourth-order valence-electron chi connectivity index (χ4n) is 1.76. The van der Waals surface area contributed by atoms with E-state index >= 15 is 0 Å². The minimum atomic E-state index is -0.0753. The number of hydrogen-bond acceptors (Lipinski definition) is 3. The molecular weight excluding hydrogens is 246 g/mol. The van der Waals surface area contributed by atoms with Gasteiger partial charge < -0.3 is 9.73 Å². The van der Waals surface area contributed by atoms with Gasteiger partial charge in [0.1, 0.15) is 11.5 Å². The summed E-state index contributed by atoms with van der Waals surface area (Å²) in [5.74, 6) is 1.73. The summed E-state index contributed by atoms with van der Waals surface area (Å²) in [6.07, 6.45) is 1.31. The summed E-state index contributed by atoms with van der Waals surface area (Å²) in [7, 11) is 0. The fraction of sp³-hybridized carbons (Fsp3) is 0.357. The highest BCUT2D eigenvalue weighted by Crippen LogP contribution is 2.16. The van der Waals surface area contributed by atoms with Crippen molar-refractivity contribution in [1.82, 2.24) is 5.32 Å². The molecule has 0 unspecified atom stereocenters. The van der Waals surface area contributed by atoms with Crippen molar-refractivity contribution in [1.29, 1.82) is 0 Å². The molecular formula is C14H17NO2S. The third-order valence-corrected chi connectivity index (χ3v) is 3.52. The van der Waals surface area contributed by atoms with Crippen LogP contribution in [0.4, 0.5) is 0 Å². The molecule has 0 aromatic carbocycles. The van der Waals surface area contributed by atoms with Crippen LogP contribution in [0.5, 0.6) is 0 Å². The zero-order chi connectivity index (χ0) is 13.0. The van der Waals surface area contributed by atoms with Crippen LogP contribution >= 0.6 is 11.3 Å². The molecule has 2 heterocycles. The molecule has 1 N–H and O–H groups in total. The van der Waals surface area contributed by atoms with E-state index in [-0.39, 0.29) is 11.9 Å². The number of carbonyl (C=O) groups excluding carboxylic acids is 1. The van der Waals surface area contributed by atoms with Gasteiger partial charge in [0, 0.05) is 6.42 Å². The van der Waals surface area contributed by atoms with E-state index in [0.29, 0.717) is 6.42 Å². The Kier molecular flexibility index (Phi) is 4.20. The standard InChI is InChI=1S/C14H17NO2S/c1-10-3-5-13(17-10)11(2)15-14(16)6-4-12-7-8-18-9-12/h3,5,7-9,11H,4,6H2,1-2H3,(H,15,16)/t11-/m0/s1. The number of aryl methyl sites for hydroxylation is 2. The van der Waals surface area contributed by atoms with Crippen LogP contribution in [0, 0.1) is 6.92 Å². The lowest BCUT2D eigenvalue weighted by atomic mass is 10.1. The van der Waals surface area contributed by atoms with Crippen LogP contribution < -0.4 is 5.32 Å². The zero-order valence-electron chi connectivity index (χ0n) is 10.6. The van der Waals surface area contributed by atoms with Gasteiger partial charge in [-0.05, 0) is 54.8 Å². The molecule has 0 aliphatic carbocycles. The number of thiophene rings is 1. The predicted octanol–water partition coefficient (Wildman–Crippen LogP) is 3.46. The normalized spacial score (nSPS) is 12.3. The molecule has 2 aromatic heterocycles. The van der Waals surface area contributed by atoms with Gasteiger partial charge in [0.2, 0.25) is 5.91 Å². The third-order valence-electron chi connectivity index (χ3n) is 2.79. The number of rotatable bonds is 5. The molecule has 96 valence electrons. The molecule has 4 heteroatoms. The van der Waals surface area contributed by atoms with Crippen molar-refractivity contribution >= 4 is 17.2 Å². The first-order valence-corrected chi connectivity index (χ1v) is 6.96. The van der Waals surface area contributed by atoms with Gasteiger partial charge in [-0.2, -0.15) is 11.3 Å². The fourth-order valence-corrected chi connectivity index (χ4v) is 2.47. The second-order valence-electron chi connectivity index (χ2n) is 4.37. The second kappa shape index (κ2) is 5.87. The molecule has 0 radical (unpaired) electrons. The van der Waals surface area contributed by atoms with Crippen LogP contribution in [0.1, 0.15) is 36.5 Å². The maximum atomic E-state index is 11.8. The first kappa shape index (κ1) is 12.9. The monoisotopic (exact) mass is 263 g/mol. The van der Waals surface area contributed by atoms with Crippen LogP contribution in [0.25, 0.3) is 0 Å². The van der Waals surface area contributed by atoms with Crippen LogP contribution in [-0.2, 0) is 11.2 Å². The SMILES string of the molecule is Cc1ccc([C@H](C)NC(=O)CCc2ccsc2)o1. The van der Waals surface area contributed by atoms with Gasteiger partial charge in [-0.15, -0.1) is 0 Å². The average molecular weight is 263 g/mol. The number of amides is 1. The van der Waals surface area contributed by atoms with E-state index < -0.39 is 0 Å². The molecule has 2 aromatic rings. The molecule has 0 saturated carbocycles. The highest BCUT2D eigenvalue weighted by molar-refractivity contribution is 7.07. The summed E-state index contributed by atoms with van der Waals surface area (Å²) < 4.78 is 5.48. The van der Waals surface area contributed by atoms with Crippen molar-refractivity contribution in [2.45, 2.75) is 32.7 Å². The van der Waals surface area contributed by atoms with E-state index in [0.717, 1.165) is 17.9 Å². The molecule has 0 saturated heterocycles. The molecule has 18 heavy (non-hydrogen) atoms. The summed E-state index contributed by atoms with van der Waals surface area (Å²) in [6.45, 7) is 3.83. The van der Waals surface area contributed by atoms with Crippen molar-refractivity contribution in [2.24, 2.45) is 0 Å². The number of nitrogens with one attached hydrogen (secondary N) is 1. The summed E-state index contributed by atoms with van der Waals surface area (Å²) in [5.41, 5.74) is 1.22. The Balaban J connectivity index is 1.80. The Bertz CT molecular complexity index is 502. The van der Waals surface area contributed by atoms with Crippen LogP contribution in [0.15, 0.2) is 33.4 Å². The second-order valence-corrected chi connectivity index (χ2v) is 5.15. The Morgan fingerprint density at radius 1 is 1.44 bits per heavy atom. The molecule has 2 rings (SSSR count). The van der Waals surface area contributed by atoms with Gasteiger partial charge in [-0.25, -0.2) is 0 Å². The predicted molar refractivity (Wildman–Crippen MR) is 72.6 cm³/mol. The number of hydrogen-bond donors (Lipinski definition) is 1. The Morgan fingerprint density at radius 2 is 2.28 bits per heavy atom. The molecule has 0 fully saturated rings. The topological polar surface area (TPSA) is 42.2 Å². The Labute approximate surface area is 111 Å². The lowest BCUT2D eigenvalue weighted by Crippen LogP contribution is -2.26. The van der Waals surface area contributed by atoms with E-state index in [1.807, 2.05) is 31.4 Å². The maximum Gasteiger partial charge on any atom is 0.220 e. The minimum Gasteiger partial charge on any atom is -0.464 e. The molecule has 0 aliphatic heterocycles. The largest absolute Gasteiger partial charge is 0.464 e. The quantitative estimate of drug-likeness (QED) is 0.897. The van der Waals surface area contributed by atoms with Crippen molar-refractivity contribution in [3.8, 4) is 0 Å².